The fraction of sp³-hybridized carbons (Fsp3) is 0.111. The van der Waals surface area contributed by atoms with E-state index in [1.165, 1.54) is 0 Å². The van der Waals surface area contributed by atoms with Crippen molar-refractivity contribution < 1.29 is 42.8 Å². The van der Waals surface area contributed by atoms with E-state index in [-0.39, 0.29) is 35.8 Å². The molecule has 96 heavy (non-hydrogen) atoms. The van der Waals surface area contributed by atoms with Gasteiger partial charge in [-0.15, -0.1) is 15.0 Å². The van der Waals surface area contributed by atoms with Gasteiger partial charge < -0.3 is 28.4 Å². The zero-order chi connectivity index (χ0) is 65.0. The van der Waals surface area contributed by atoms with Crippen molar-refractivity contribution in [3.8, 4) is 52.5 Å². The topological polar surface area (TPSA) is 155 Å². The van der Waals surface area contributed by atoms with Crippen molar-refractivity contribution in [3.63, 3.8) is 0 Å². The number of benzene rings is 12. The quantitative estimate of drug-likeness (QED) is 0.0751. The minimum atomic E-state index is -0.813. The van der Waals surface area contributed by atoms with Gasteiger partial charge in [0.05, 0.1) is 0 Å². The first kappa shape index (κ1) is 58.7. The maximum Gasteiger partial charge on any atom is 0.331 e. The van der Waals surface area contributed by atoms with Crippen LogP contribution >= 0.6 is 0 Å². The van der Waals surface area contributed by atoms with Crippen LogP contribution in [0.4, 0.5) is 17.1 Å². The molecule has 0 bridgehead atoms. The third-order valence-corrected chi connectivity index (χ3v) is 17.9. The van der Waals surface area contributed by atoms with Gasteiger partial charge in [-0.2, -0.15) is 0 Å². The van der Waals surface area contributed by atoms with E-state index in [0.29, 0.717) is 34.5 Å². The number of aromatic nitrogens is 3. The maximum absolute atomic E-state index is 14.1. The highest BCUT2D eigenvalue weighted by molar-refractivity contribution is 6.07. The minimum Gasteiger partial charge on any atom is -0.478 e. The van der Waals surface area contributed by atoms with Gasteiger partial charge in [-0.25, -0.2) is 0 Å². The Morgan fingerprint density at radius 1 is 0.271 bits per heavy atom. The van der Waals surface area contributed by atoms with E-state index in [4.69, 9.17) is 28.4 Å². The van der Waals surface area contributed by atoms with Crippen molar-refractivity contribution in [1.82, 2.24) is 15.0 Å². The first-order valence-corrected chi connectivity index (χ1v) is 31.7. The molecule has 0 aliphatic carbocycles. The lowest BCUT2D eigenvalue weighted by molar-refractivity contribution is -0.135. The van der Waals surface area contributed by atoms with Gasteiger partial charge in [0.1, 0.15) is 52.6 Å². The standard InChI is InChI=1S/C81H60N6O9/c1-49-16-31-61(32-17-49)85-70(73(76(85)88)91-67-43-22-52-10-4-7-13-58(52)46-67)55-25-37-64(38-26-55)94-79-82-80(95-65-39-27-56(28-40-65)71-74(77(89)86(71)62-33-18-50(2)19-34-62)92-68-44-23-53-11-5-8-14-59(53)47-68)84-81(83-79)96-66-41-29-57(30-42-66)72-75(78(90)87(72)63-35-20-51(3)21-36-63)93-69-45-24-54-12-6-9-15-60(54)48-69/h4-48,70-75H,1-3H3. The molecular formula is C81H60N6O9. The largest absolute Gasteiger partial charge is 0.478 e. The molecule has 3 saturated heterocycles. The van der Waals surface area contributed by atoms with E-state index >= 15 is 0 Å². The van der Waals surface area contributed by atoms with E-state index < -0.39 is 36.4 Å². The van der Waals surface area contributed by atoms with E-state index in [1.807, 2.05) is 257 Å². The number of ether oxygens (including phenoxy) is 6. The third kappa shape index (κ3) is 11.4. The van der Waals surface area contributed by atoms with Gasteiger partial charge in [0.15, 0.2) is 0 Å². The van der Waals surface area contributed by atoms with Crippen LogP contribution in [0.5, 0.6) is 52.5 Å². The van der Waals surface area contributed by atoms with Crippen LogP contribution in [0.3, 0.4) is 0 Å². The molecule has 12 aromatic carbocycles. The summed E-state index contributed by atoms with van der Waals surface area (Å²) in [6.45, 7) is 6.03. The highest BCUT2D eigenvalue weighted by Gasteiger charge is 2.53. The highest BCUT2D eigenvalue weighted by Crippen LogP contribution is 2.46. The van der Waals surface area contributed by atoms with Gasteiger partial charge in [0.2, 0.25) is 18.3 Å². The number of fused-ring (bicyclic) bond motifs is 3. The number of carbonyl (C=O) groups excluding carboxylic acids is 3. The molecule has 13 aromatic rings. The molecule has 0 spiro atoms. The highest BCUT2D eigenvalue weighted by atomic mass is 16.5. The average molecular weight is 1260 g/mol. The number of carbonyl (C=O) groups is 3. The van der Waals surface area contributed by atoms with E-state index in [0.717, 1.165) is 82.8 Å². The van der Waals surface area contributed by atoms with E-state index in [2.05, 4.69) is 15.0 Å². The van der Waals surface area contributed by atoms with Crippen LogP contribution in [0.15, 0.2) is 273 Å². The predicted molar refractivity (Wildman–Crippen MR) is 369 cm³/mol. The van der Waals surface area contributed by atoms with Crippen LogP contribution < -0.4 is 43.1 Å². The molecule has 3 aliphatic rings. The molecule has 0 radical (unpaired) electrons. The SMILES string of the molecule is Cc1ccc(N2C(=O)C(Oc3ccc4ccccc4c3)C2c2ccc(Oc3nc(Oc4ccc(C5C(Oc6ccc7ccccc7c6)C(=O)N5c5ccc(C)cc5)cc4)nc(Oc4ccc(C5C(Oc6ccc7ccccc7c6)C(=O)N5c5ccc(C)cc5)cc4)n3)cc2)cc1. The van der Waals surface area contributed by atoms with Gasteiger partial charge in [0.25, 0.3) is 17.7 Å². The van der Waals surface area contributed by atoms with Gasteiger partial charge >= 0.3 is 18.0 Å². The van der Waals surface area contributed by atoms with E-state index in [1.54, 1.807) is 51.1 Å². The van der Waals surface area contributed by atoms with Gasteiger partial charge in [0, 0.05) is 17.1 Å². The summed E-state index contributed by atoms with van der Waals surface area (Å²) in [5.74, 6) is 2.39. The van der Waals surface area contributed by atoms with Crippen molar-refractivity contribution >= 4 is 67.1 Å². The Kier molecular flexibility index (Phi) is 15.0. The summed E-state index contributed by atoms with van der Waals surface area (Å²) >= 11 is 0. The molecule has 1 aromatic heterocycles. The Morgan fingerprint density at radius 2 is 0.510 bits per heavy atom. The molecule has 15 heteroatoms. The molecule has 3 amide bonds. The Morgan fingerprint density at radius 3 is 0.771 bits per heavy atom. The summed E-state index contributed by atoms with van der Waals surface area (Å²) < 4.78 is 39.0. The number of β-lactam (4-membered cyclic amide) rings is 3. The van der Waals surface area contributed by atoms with Crippen molar-refractivity contribution in [1.29, 1.82) is 0 Å². The summed E-state index contributed by atoms with van der Waals surface area (Å²) in [6.07, 6.45) is -2.44. The lowest BCUT2D eigenvalue weighted by Crippen LogP contribution is -2.61. The number of aryl methyl sites for hydroxylation is 3. The maximum atomic E-state index is 14.1. The Hall–Kier alpha value is -12.4. The second-order valence-corrected chi connectivity index (χ2v) is 24.3. The monoisotopic (exact) mass is 1260 g/mol. The molecule has 0 saturated carbocycles. The summed E-state index contributed by atoms with van der Waals surface area (Å²) in [7, 11) is 0. The number of hydrogen-bond donors (Lipinski definition) is 0. The molecule has 0 N–H and O–H groups in total. The molecule has 3 aliphatic heterocycles. The fourth-order valence-electron chi connectivity index (χ4n) is 12.8. The smallest absolute Gasteiger partial charge is 0.331 e. The number of anilines is 3. The van der Waals surface area contributed by atoms with Crippen molar-refractivity contribution in [2.75, 3.05) is 14.7 Å². The second kappa shape index (κ2) is 24.6. The first-order chi connectivity index (χ1) is 47.0. The number of nitrogens with zero attached hydrogens (tertiary/aromatic N) is 6. The second-order valence-electron chi connectivity index (χ2n) is 24.3. The van der Waals surface area contributed by atoms with Gasteiger partial charge in [-0.3, -0.25) is 29.1 Å². The third-order valence-electron chi connectivity index (χ3n) is 17.9. The van der Waals surface area contributed by atoms with E-state index in [9.17, 15) is 14.4 Å². The average Bonchev–Trinajstić information content (AvgIpc) is 0.752. The van der Waals surface area contributed by atoms with Crippen molar-refractivity contribution in [3.05, 3.63) is 306 Å². The zero-order valence-electron chi connectivity index (χ0n) is 52.3. The van der Waals surface area contributed by atoms with Crippen LogP contribution in [0.1, 0.15) is 51.5 Å². The number of amides is 3. The lowest BCUT2D eigenvalue weighted by atomic mass is 9.89. The minimum absolute atomic E-state index is 0.139. The number of hydrogen-bond acceptors (Lipinski definition) is 12. The van der Waals surface area contributed by atoms with Crippen LogP contribution in [-0.4, -0.2) is 51.0 Å². The Balaban J connectivity index is 0.699. The summed E-state index contributed by atoms with van der Waals surface area (Å²) in [5, 5.41) is 6.21. The van der Waals surface area contributed by atoms with Crippen molar-refractivity contribution in [2.24, 2.45) is 0 Å². The van der Waals surface area contributed by atoms with Gasteiger partial charge in [-0.1, -0.05) is 180 Å². The summed E-state index contributed by atoms with van der Waals surface area (Å²) in [6, 6.07) is 85.3. The normalized spacial score (nSPS) is 18.2. The molecule has 4 heterocycles. The molecule has 15 nitrogen and oxygen atoms in total. The fourth-order valence-corrected chi connectivity index (χ4v) is 12.8. The van der Waals surface area contributed by atoms with Crippen LogP contribution in [-0.2, 0) is 14.4 Å². The molecule has 16 rings (SSSR count). The molecular weight excluding hydrogens is 1200 g/mol. The van der Waals surface area contributed by atoms with Crippen LogP contribution in [0.25, 0.3) is 32.3 Å². The summed E-state index contributed by atoms with van der Waals surface area (Å²) in [4.78, 5) is 61.7. The Labute approximate surface area is 552 Å². The Bertz CT molecular complexity index is 4590. The zero-order valence-corrected chi connectivity index (χ0v) is 52.3. The molecule has 468 valence electrons. The molecule has 3 fully saturated rings. The number of rotatable bonds is 18. The van der Waals surface area contributed by atoms with Gasteiger partial charge in [-0.05, 0) is 179 Å². The molecule has 6 atom stereocenters. The van der Waals surface area contributed by atoms with Crippen molar-refractivity contribution in [2.45, 2.75) is 57.2 Å². The lowest BCUT2D eigenvalue weighted by Gasteiger charge is -2.46. The van der Waals surface area contributed by atoms with Crippen LogP contribution in [0.2, 0.25) is 0 Å². The van der Waals surface area contributed by atoms with Crippen LogP contribution in [0, 0.1) is 20.8 Å². The predicted octanol–water partition coefficient (Wildman–Crippen LogP) is 17.2. The first-order valence-electron chi connectivity index (χ1n) is 31.7. The summed E-state index contributed by atoms with van der Waals surface area (Å²) in [5.41, 5.74) is 7.89. The molecule has 6 unspecified atom stereocenters.